The van der Waals surface area contributed by atoms with Gasteiger partial charge < -0.3 is 49.4 Å². The molecule has 0 aromatic heterocycles. The molecule has 16 nitrogen and oxygen atoms in total. The third kappa shape index (κ3) is 8.25. The average molecular weight is 823 g/mol. The van der Waals surface area contributed by atoms with Crippen molar-refractivity contribution in [1.29, 1.82) is 0 Å². The molecule has 0 radical (unpaired) electrons. The molecule has 0 spiro atoms. The number of aliphatic imine (C=N–C) groups is 1. The highest BCUT2D eigenvalue weighted by Crippen LogP contribution is 2.49. The van der Waals surface area contributed by atoms with Crippen LogP contribution in [-0.4, -0.2) is 111 Å². The molecule has 5 bridgehead atoms. The van der Waals surface area contributed by atoms with Crippen LogP contribution < -0.4 is 10.1 Å². The Labute approximate surface area is 342 Å². The number of amides is 1. The number of aliphatic hydroxyl groups excluding tert-OH is 3. The summed E-state index contributed by atoms with van der Waals surface area (Å²) in [5.41, 5.74) is -0.683. The maximum atomic E-state index is 14.5. The molecule has 1 amide bonds. The van der Waals surface area contributed by atoms with E-state index in [1.807, 2.05) is 0 Å². The minimum absolute atomic E-state index is 0.0441. The lowest BCUT2D eigenvalue weighted by Crippen LogP contribution is -2.46. The smallest absolute Gasteiger partial charge is 0.312 e. The van der Waals surface area contributed by atoms with Crippen molar-refractivity contribution >= 4 is 34.9 Å². The first-order valence-corrected chi connectivity index (χ1v) is 20.0. The number of fused-ring (bicyclic) bond motifs is 12. The summed E-state index contributed by atoms with van der Waals surface area (Å²) in [6.45, 7) is 12.2. The van der Waals surface area contributed by atoms with Crippen LogP contribution in [0.5, 0.6) is 11.5 Å². The number of carbonyl (C=O) groups is 5. The van der Waals surface area contributed by atoms with Gasteiger partial charge in [-0.2, -0.15) is 0 Å². The summed E-state index contributed by atoms with van der Waals surface area (Å²) in [5.74, 6) is -9.25. The predicted octanol–water partition coefficient (Wildman–Crippen LogP) is 3.14. The van der Waals surface area contributed by atoms with Crippen LogP contribution in [0.3, 0.4) is 0 Å². The van der Waals surface area contributed by atoms with Gasteiger partial charge >= 0.3 is 11.8 Å². The Balaban J connectivity index is 1.48. The maximum absolute atomic E-state index is 14.5. The normalized spacial score (nSPS) is 38.6. The number of allylic oxidation sites excluding steroid dienone is 3. The first-order valence-electron chi connectivity index (χ1n) is 20.0. The number of methoxy groups -OCH3 is 1. The van der Waals surface area contributed by atoms with E-state index in [4.69, 9.17) is 28.7 Å². The number of ether oxygens (including phenoxy) is 5. The fourth-order valence-electron chi connectivity index (χ4n) is 8.69. The number of carbonyl (C=O) groups excluding carboxylic acids is 5. The van der Waals surface area contributed by atoms with Crippen molar-refractivity contribution in [2.24, 2.45) is 34.6 Å². The van der Waals surface area contributed by atoms with Gasteiger partial charge in [-0.05, 0) is 57.8 Å². The number of hydrogen-bond acceptors (Lipinski definition) is 15. The van der Waals surface area contributed by atoms with Crippen molar-refractivity contribution in [2.45, 2.75) is 123 Å². The van der Waals surface area contributed by atoms with Crippen molar-refractivity contribution in [3.05, 3.63) is 58.0 Å². The van der Waals surface area contributed by atoms with Crippen LogP contribution in [0.1, 0.15) is 99.6 Å². The van der Waals surface area contributed by atoms with Gasteiger partial charge in [-0.25, -0.2) is 0 Å². The summed E-state index contributed by atoms with van der Waals surface area (Å²) in [7, 11) is 1.42. The number of phenolic OH excluding ortho intramolecular Hbond substituents is 1. The molecule has 1 aromatic carbocycles. The Morgan fingerprint density at radius 1 is 0.949 bits per heavy atom. The number of phenols is 1. The number of aromatic hydroxyl groups is 1. The zero-order valence-corrected chi connectivity index (χ0v) is 34.7. The second-order valence-corrected chi connectivity index (χ2v) is 16.6. The molecule has 4 heterocycles. The molecular formula is C43H54N2O14. The van der Waals surface area contributed by atoms with Crippen LogP contribution in [0.25, 0.3) is 0 Å². The van der Waals surface area contributed by atoms with Gasteiger partial charge in [-0.3, -0.25) is 29.0 Å². The number of Topliss-reactive ketones (excluding diaryl/α,β-unsaturated/α-hetero) is 2. The Kier molecular flexibility index (Phi) is 12.4. The minimum atomic E-state index is -2.03. The molecule has 16 heteroatoms. The number of ketones is 3. The number of aliphatic hydroxyl groups is 3. The molecule has 10 unspecified atom stereocenters. The van der Waals surface area contributed by atoms with Crippen LogP contribution in [0.4, 0.5) is 0 Å². The van der Waals surface area contributed by atoms with Crippen LogP contribution in [0.15, 0.2) is 40.8 Å². The van der Waals surface area contributed by atoms with Crippen molar-refractivity contribution < 1.29 is 68.1 Å². The highest BCUT2D eigenvalue weighted by Gasteiger charge is 2.52. The molecule has 1 saturated heterocycles. The van der Waals surface area contributed by atoms with E-state index in [0.717, 1.165) is 6.08 Å². The van der Waals surface area contributed by atoms with Crippen molar-refractivity contribution in [1.82, 2.24) is 5.32 Å². The molecule has 5 N–H and O–H groups in total. The summed E-state index contributed by atoms with van der Waals surface area (Å²) in [6, 6.07) is -0.576. The van der Waals surface area contributed by atoms with Gasteiger partial charge in [0.25, 0.3) is 11.7 Å². The third-order valence-corrected chi connectivity index (χ3v) is 12.4. The summed E-state index contributed by atoms with van der Waals surface area (Å²) >= 11 is 0. The van der Waals surface area contributed by atoms with E-state index in [9.17, 15) is 44.4 Å². The molecule has 59 heavy (non-hydrogen) atoms. The van der Waals surface area contributed by atoms with Crippen LogP contribution in [-0.2, 0) is 33.3 Å². The van der Waals surface area contributed by atoms with E-state index in [1.165, 1.54) is 53.2 Å². The molecule has 1 saturated carbocycles. The Hall–Kier alpha value is -4.74. The molecule has 2 aliphatic carbocycles. The topological polar surface area (TPSA) is 237 Å². The molecule has 4 aliphatic heterocycles. The van der Waals surface area contributed by atoms with Gasteiger partial charge in [-0.1, -0.05) is 20.8 Å². The quantitative estimate of drug-likeness (QED) is 0.276. The highest BCUT2D eigenvalue weighted by molar-refractivity contribution is 6.32. The minimum Gasteiger partial charge on any atom is -0.507 e. The molecule has 2 fully saturated rings. The SMILES string of the molecule is COC1/C=C/OC2(C)Oc3c(C)c(O)c4c(c3C2=O)C(=N[C@@H]2CC[C@@H](O)O[C@@H]2C)C=C(NC(=O)/C(C)=C\C(=O)C2CC2C(O)C(C)C(O)C(C)C(OC(C)=O)C1C)C4=O. The van der Waals surface area contributed by atoms with Crippen molar-refractivity contribution in [3.8, 4) is 11.5 Å². The van der Waals surface area contributed by atoms with E-state index in [1.54, 1.807) is 27.7 Å². The number of esters is 1. The van der Waals surface area contributed by atoms with Crippen molar-refractivity contribution in [3.63, 3.8) is 0 Å². The second kappa shape index (κ2) is 16.7. The molecule has 1 aromatic rings. The molecule has 7 rings (SSSR count). The summed E-state index contributed by atoms with van der Waals surface area (Å²) in [5, 5.41) is 47.2. The van der Waals surface area contributed by atoms with Gasteiger partial charge in [0, 0.05) is 67.7 Å². The first kappa shape index (κ1) is 43.8. The second-order valence-electron chi connectivity index (χ2n) is 16.6. The summed E-state index contributed by atoms with van der Waals surface area (Å²) < 4.78 is 29.3. The molecule has 6 aliphatic rings. The Morgan fingerprint density at radius 3 is 2.29 bits per heavy atom. The standard InChI is InChI=1S/C43H54N2O14/c1-17-14-29(47)24-15-25(24)36(50)19(3)35(49)20(4)39(58-23(7)46)18(2)30(55-9)12-13-56-43(8)41(53)34-32-27(44-26-10-11-31(48)57-22(26)6)16-28(45-42(17)54)38(52)33(32)37(51)21(5)40(34)59-43/h12-14,16,18-20,22,24-26,30-31,35-36,39,48-51H,10-11,15H2,1-9H3,(H,45,54)/b13-12+,17-14-,44-27?/t18?,19?,20?,22-,24?,25?,26-,30?,31+,35?,36?,39?,43?/m1/s1. The number of rotatable bonds is 3. The van der Waals surface area contributed by atoms with Gasteiger partial charge in [0.15, 0.2) is 12.1 Å². The lowest BCUT2D eigenvalue weighted by atomic mass is 9.79. The zero-order valence-electron chi connectivity index (χ0n) is 34.7. The van der Waals surface area contributed by atoms with Crippen LogP contribution in [0, 0.1) is 36.5 Å². The summed E-state index contributed by atoms with van der Waals surface area (Å²) in [4.78, 5) is 73.1. The first-order chi connectivity index (χ1) is 27.7. The van der Waals surface area contributed by atoms with E-state index < -0.39 is 113 Å². The Bertz CT molecular complexity index is 2050. The monoisotopic (exact) mass is 822 g/mol. The van der Waals surface area contributed by atoms with E-state index >= 15 is 0 Å². The lowest BCUT2D eigenvalue weighted by molar-refractivity contribution is -0.162. The summed E-state index contributed by atoms with van der Waals surface area (Å²) in [6.07, 6.45) is 0.385. The van der Waals surface area contributed by atoms with Crippen molar-refractivity contribution in [2.75, 3.05) is 7.11 Å². The van der Waals surface area contributed by atoms with E-state index in [-0.39, 0.29) is 51.4 Å². The highest BCUT2D eigenvalue weighted by atomic mass is 16.7. The van der Waals surface area contributed by atoms with E-state index in [0.29, 0.717) is 12.8 Å². The number of benzene rings is 1. The van der Waals surface area contributed by atoms with Gasteiger partial charge in [0.2, 0.25) is 5.78 Å². The number of nitrogens with zero attached hydrogens (tertiary/aromatic N) is 1. The predicted molar refractivity (Wildman–Crippen MR) is 209 cm³/mol. The number of hydrogen-bond donors (Lipinski definition) is 5. The average Bonchev–Trinajstić information content (AvgIpc) is 3.94. The maximum Gasteiger partial charge on any atom is 0.312 e. The fourth-order valence-corrected chi connectivity index (χ4v) is 8.69. The molecular weight excluding hydrogens is 768 g/mol. The molecule has 320 valence electrons. The fraction of sp³-hybridized carbons (Fsp3) is 0.581. The largest absolute Gasteiger partial charge is 0.507 e. The Morgan fingerprint density at radius 2 is 1.64 bits per heavy atom. The lowest BCUT2D eigenvalue weighted by Gasteiger charge is -2.37. The van der Waals surface area contributed by atoms with Gasteiger partial charge in [0.05, 0.1) is 59.3 Å². The van der Waals surface area contributed by atoms with E-state index in [2.05, 4.69) is 5.32 Å². The molecule has 13 atom stereocenters. The van der Waals surface area contributed by atoms with Crippen LogP contribution >= 0.6 is 0 Å². The third-order valence-electron chi connectivity index (χ3n) is 12.4. The number of nitrogens with one attached hydrogen (secondary N) is 1. The zero-order chi connectivity index (χ0) is 43.4. The van der Waals surface area contributed by atoms with Gasteiger partial charge in [-0.15, -0.1) is 0 Å². The van der Waals surface area contributed by atoms with Gasteiger partial charge in [0.1, 0.15) is 17.6 Å². The van der Waals surface area contributed by atoms with Crippen LogP contribution in [0.2, 0.25) is 0 Å².